The maximum Gasteiger partial charge on any atom is 0.410 e. The number of aromatic nitrogens is 2. The highest BCUT2D eigenvalue weighted by Crippen LogP contribution is 2.25. The Morgan fingerprint density at radius 2 is 2.10 bits per heavy atom. The fourth-order valence-electron chi connectivity index (χ4n) is 2.60. The molecule has 0 bridgehead atoms. The van der Waals surface area contributed by atoms with E-state index < -0.39 is 5.60 Å². The average molecular weight is 294 g/mol. The van der Waals surface area contributed by atoms with E-state index in [0.717, 1.165) is 17.8 Å². The summed E-state index contributed by atoms with van der Waals surface area (Å²) in [5, 5.41) is 4.64. The molecule has 0 unspecified atom stereocenters. The molecule has 6 nitrogen and oxygen atoms in total. The maximum absolute atomic E-state index is 12.2. The Labute approximate surface area is 126 Å². The van der Waals surface area contributed by atoms with Crippen LogP contribution in [0.2, 0.25) is 0 Å². The summed E-state index contributed by atoms with van der Waals surface area (Å²) in [6, 6.07) is 0.268. The van der Waals surface area contributed by atoms with Crippen molar-refractivity contribution in [3.8, 4) is 0 Å². The van der Waals surface area contributed by atoms with Crippen molar-refractivity contribution in [2.75, 3.05) is 6.54 Å². The lowest BCUT2D eigenvalue weighted by Gasteiger charge is -2.29. The SMILES string of the molecule is CC(C)n1nc2c(c1CN)CCN(C(=O)OC(C)(C)C)C2. The van der Waals surface area contributed by atoms with Crippen LogP contribution in [0.5, 0.6) is 0 Å². The monoisotopic (exact) mass is 294 g/mol. The molecule has 0 radical (unpaired) electrons. The first-order chi connectivity index (χ1) is 9.73. The molecule has 2 heterocycles. The van der Waals surface area contributed by atoms with Gasteiger partial charge in [0.25, 0.3) is 0 Å². The van der Waals surface area contributed by atoms with Gasteiger partial charge >= 0.3 is 6.09 Å². The molecule has 0 spiro atoms. The molecule has 0 aromatic carbocycles. The molecule has 1 amide bonds. The molecular weight excluding hydrogens is 268 g/mol. The molecule has 1 aliphatic heterocycles. The molecule has 118 valence electrons. The minimum Gasteiger partial charge on any atom is -0.444 e. The first-order valence-electron chi connectivity index (χ1n) is 7.50. The van der Waals surface area contributed by atoms with Crippen LogP contribution in [0, 0.1) is 0 Å². The zero-order valence-electron chi connectivity index (χ0n) is 13.6. The molecule has 2 rings (SSSR count). The van der Waals surface area contributed by atoms with Crippen molar-refractivity contribution in [3.05, 3.63) is 17.0 Å². The summed E-state index contributed by atoms with van der Waals surface area (Å²) in [4.78, 5) is 13.9. The second-order valence-corrected chi connectivity index (χ2v) is 6.77. The Hall–Kier alpha value is -1.56. The molecule has 1 aromatic heterocycles. The fourth-order valence-corrected chi connectivity index (χ4v) is 2.60. The van der Waals surface area contributed by atoms with Crippen LogP contribution in [0.3, 0.4) is 0 Å². The number of ether oxygens (including phenoxy) is 1. The van der Waals surface area contributed by atoms with Gasteiger partial charge in [-0.05, 0) is 41.0 Å². The molecule has 0 saturated heterocycles. The molecular formula is C15H26N4O2. The highest BCUT2D eigenvalue weighted by Gasteiger charge is 2.29. The number of amides is 1. The van der Waals surface area contributed by atoms with Gasteiger partial charge in [0, 0.05) is 24.7 Å². The number of hydrogen-bond acceptors (Lipinski definition) is 4. The minimum atomic E-state index is -0.475. The molecule has 1 aliphatic rings. The maximum atomic E-state index is 12.2. The Kier molecular flexibility index (Phi) is 4.27. The summed E-state index contributed by atoms with van der Waals surface area (Å²) in [6.45, 7) is 11.4. The standard InChI is InChI=1S/C15H26N4O2/c1-10(2)19-13(8-16)11-6-7-18(9-12(11)17-19)14(20)21-15(3,4)5/h10H,6-9,16H2,1-5H3. The van der Waals surface area contributed by atoms with Gasteiger partial charge < -0.3 is 15.4 Å². The quantitative estimate of drug-likeness (QED) is 0.907. The Morgan fingerprint density at radius 1 is 1.43 bits per heavy atom. The van der Waals surface area contributed by atoms with Crippen LogP contribution in [-0.4, -0.2) is 32.9 Å². The van der Waals surface area contributed by atoms with Gasteiger partial charge in [0.05, 0.1) is 17.9 Å². The van der Waals surface area contributed by atoms with Gasteiger partial charge in [0.15, 0.2) is 0 Å². The number of carbonyl (C=O) groups is 1. The van der Waals surface area contributed by atoms with E-state index in [1.54, 1.807) is 4.90 Å². The highest BCUT2D eigenvalue weighted by molar-refractivity contribution is 5.68. The summed E-state index contributed by atoms with van der Waals surface area (Å²) in [7, 11) is 0. The normalized spacial score (nSPS) is 15.3. The van der Waals surface area contributed by atoms with Crippen molar-refractivity contribution in [2.24, 2.45) is 5.73 Å². The smallest absolute Gasteiger partial charge is 0.410 e. The van der Waals surface area contributed by atoms with Gasteiger partial charge in [-0.3, -0.25) is 4.68 Å². The van der Waals surface area contributed by atoms with Crippen LogP contribution in [0.25, 0.3) is 0 Å². The zero-order valence-corrected chi connectivity index (χ0v) is 13.6. The summed E-state index contributed by atoms with van der Waals surface area (Å²) in [6.07, 6.45) is 0.509. The molecule has 2 N–H and O–H groups in total. The lowest BCUT2D eigenvalue weighted by atomic mass is 10.0. The third-order valence-corrected chi connectivity index (χ3v) is 3.51. The van der Waals surface area contributed by atoms with Crippen LogP contribution < -0.4 is 5.73 Å². The van der Waals surface area contributed by atoms with E-state index in [1.807, 2.05) is 25.5 Å². The predicted octanol–water partition coefficient (Wildman–Crippen LogP) is 2.22. The average Bonchev–Trinajstić information content (AvgIpc) is 2.74. The number of hydrogen-bond donors (Lipinski definition) is 1. The van der Waals surface area contributed by atoms with Crippen molar-refractivity contribution in [3.63, 3.8) is 0 Å². The summed E-state index contributed by atoms with van der Waals surface area (Å²) < 4.78 is 7.41. The van der Waals surface area contributed by atoms with Gasteiger partial charge in [-0.25, -0.2) is 4.79 Å². The van der Waals surface area contributed by atoms with Gasteiger partial charge in [-0.1, -0.05) is 0 Å². The number of nitrogens with zero attached hydrogens (tertiary/aromatic N) is 3. The number of rotatable bonds is 2. The van der Waals surface area contributed by atoms with Crippen molar-refractivity contribution >= 4 is 6.09 Å². The van der Waals surface area contributed by atoms with E-state index in [9.17, 15) is 4.79 Å². The highest BCUT2D eigenvalue weighted by atomic mass is 16.6. The van der Waals surface area contributed by atoms with Crippen molar-refractivity contribution < 1.29 is 9.53 Å². The Morgan fingerprint density at radius 3 is 2.62 bits per heavy atom. The molecule has 1 aromatic rings. The molecule has 0 saturated carbocycles. The number of nitrogens with two attached hydrogens (primary N) is 1. The number of fused-ring (bicyclic) bond motifs is 1. The largest absolute Gasteiger partial charge is 0.444 e. The van der Waals surface area contributed by atoms with Crippen LogP contribution >= 0.6 is 0 Å². The third kappa shape index (κ3) is 3.37. The molecule has 6 heteroatoms. The van der Waals surface area contributed by atoms with Gasteiger partial charge in [-0.15, -0.1) is 0 Å². The third-order valence-electron chi connectivity index (χ3n) is 3.51. The van der Waals surface area contributed by atoms with Crippen LogP contribution in [0.15, 0.2) is 0 Å². The van der Waals surface area contributed by atoms with Crippen LogP contribution in [0.1, 0.15) is 57.6 Å². The van der Waals surface area contributed by atoms with E-state index in [1.165, 1.54) is 5.56 Å². The zero-order chi connectivity index (χ0) is 15.8. The van der Waals surface area contributed by atoms with Crippen molar-refractivity contribution in [1.82, 2.24) is 14.7 Å². The minimum absolute atomic E-state index is 0.268. The molecule has 0 fully saturated rings. The lowest BCUT2D eigenvalue weighted by molar-refractivity contribution is 0.0221. The Bertz CT molecular complexity index is 529. The van der Waals surface area contributed by atoms with E-state index in [4.69, 9.17) is 10.5 Å². The van der Waals surface area contributed by atoms with Gasteiger partial charge in [0.2, 0.25) is 0 Å². The van der Waals surface area contributed by atoms with Gasteiger partial charge in [0.1, 0.15) is 5.60 Å². The summed E-state index contributed by atoms with van der Waals surface area (Å²) >= 11 is 0. The first kappa shape index (κ1) is 15.8. The molecule has 0 atom stereocenters. The lowest BCUT2D eigenvalue weighted by Crippen LogP contribution is -2.40. The predicted molar refractivity (Wildman–Crippen MR) is 80.9 cm³/mol. The van der Waals surface area contributed by atoms with E-state index >= 15 is 0 Å². The first-order valence-corrected chi connectivity index (χ1v) is 7.50. The summed E-state index contributed by atoms with van der Waals surface area (Å²) in [5.41, 5.74) is 8.63. The van der Waals surface area contributed by atoms with E-state index in [2.05, 4.69) is 18.9 Å². The second kappa shape index (κ2) is 5.67. The van der Waals surface area contributed by atoms with Crippen LogP contribution in [-0.2, 0) is 24.2 Å². The second-order valence-electron chi connectivity index (χ2n) is 6.77. The molecule has 21 heavy (non-hydrogen) atoms. The fraction of sp³-hybridized carbons (Fsp3) is 0.733. The topological polar surface area (TPSA) is 73.4 Å². The van der Waals surface area contributed by atoms with Crippen molar-refractivity contribution in [1.29, 1.82) is 0 Å². The van der Waals surface area contributed by atoms with E-state index in [0.29, 0.717) is 19.6 Å². The summed E-state index contributed by atoms with van der Waals surface area (Å²) in [5.74, 6) is 0. The van der Waals surface area contributed by atoms with Gasteiger partial charge in [-0.2, -0.15) is 5.10 Å². The van der Waals surface area contributed by atoms with Crippen molar-refractivity contribution in [2.45, 2.75) is 65.8 Å². The Balaban J connectivity index is 2.19. The van der Waals surface area contributed by atoms with Crippen LogP contribution in [0.4, 0.5) is 4.79 Å². The molecule has 0 aliphatic carbocycles. The van der Waals surface area contributed by atoms with E-state index in [-0.39, 0.29) is 12.1 Å². The number of carbonyl (C=O) groups excluding carboxylic acids is 1.